The Kier molecular flexibility index (Phi) is 5.46. The Morgan fingerprint density at radius 1 is 1.39 bits per heavy atom. The molecule has 1 fully saturated rings. The molecular formula is C17H27N3O3. The minimum atomic E-state index is -1.04. The second-order valence-electron chi connectivity index (χ2n) is 6.95. The number of hydrogen-bond acceptors (Lipinski definition) is 3. The van der Waals surface area contributed by atoms with Crippen LogP contribution in [0.3, 0.4) is 0 Å². The third-order valence-electron chi connectivity index (χ3n) is 4.42. The highest BCUT2D eigenvalue weighted by atomic mass is 16.4. The van der Waals surface area contributed by atoms with Crippen LogP contribution < -0.4 is 5.32 Å². The third kappa shape index (κ3) is 4.13. The molecule has 1 aliphatic heterocycles. The van der Waals surface area contributed by atoms with Crippen molar-refractivity contribution in [2.24, 2.45) is 11.8 Å². The van der Waals surface area contributed by atoms with E-state index in [-0.39, 0.29) is 11.6 Å². The second kappa shape index (κ2) is 7.17. The van der Waals surface area contributed by atoms with Gasteiger partial charge in [-0.2, -0.15) is 0 Å². The van der Waals surface area contributed by atoms with Gasteiger partial charge in [-0.1, -0.05) is 13.8 Å². The van der Waals surface area contributed by atoms with Gasteiger partial charge < -0.3 is 20.3 Å². The van der Waals surface area contributed by atoms with E-state index in [1.807, 2.05) is 0 Å². The van der Waals surface area contributed by atoms with Crippen LogP contribution in [-0.2, 0) is 0 Å². The summed E-state index contributed by atoms with van der Waals surface area (Å²) in [7, 11) is 0. The minimum absolute atomic E-state index is 0.0941. The number of nitrogens with zero attached hydrogens (tertiary/aromatic N) is 1. The van der Waals surface area contributed by atoms with Gasteiger partial charge in [-0.25, -0.2) is 4.79 Å². The number of carboxylic acids is 1. The van der Waals surface area contributed by atoms with Crippen LogP contribution >= 0.6 is 0 Å². The fourth-order valence-corrected chi connectivity index (χ4v) is 3.39. The van der Waals surface area contributed by atoms with E-state index in [2.05, 4.69) is 29.0 Å². The molecule has 2 rings (SSSR count). The highest BCUT2D eigenvalue weighted by Gasteiger charge is 2.25. The number of likely N-dealkylation sites (tertiary alicyclic amines) is 1. The van der Waals surface area contributed by atoms with Gasteiger partial charge in [0.1, 0.15) is 5.69 Å². The summed E-state index contributed by atoms with van der Waals surface area (Å²) in [6.45, 7) is 11.7. The summed E-state index contributed by atoms with van der Waals surface area (Å²) in [5.74, 6) is -0.102. The molecule has 6 heteroatoms. The van der Waals surface area contributed by atoms with Crippen molar-refractivity contribution in [3.05, 3.63) is 22.5 Å². The van der Waals surface area contributed by atoms with Gasteiger partial charge in [0, 0.05) is 25.3 Å². The molecule has 1 aromatic heterocycles. The molecule has 1 amide bonds. The molecule has 128 valence electrons. The monoisotopic (exact) mass is 321 g/mol. The van der Waals surface area contributed by atoms with Crippen molar-refractivity contribution in [2.75, 3.05) is 26.2 Å². The first-order valence-corrected chi connectivity index (χ1v) is 8.22. The lowest BCUT2D eigenvalue weighted by molar-refractivity contribution is 0.0690. The van der Waals surface area contributed by atoms with Crippen molar-refractivity contribution < 1.29 is 14.7 Å². The largest absolute Gasteiger partial charge is 0.477 e. The number of aryl methyl sites for hydroxylation is 1. The Morgan fingerprint density at radius 2 is 2.09 bits per heavy atom. The molecule has 0 aliphatic carbocycles. The van der Waals surface area contributed by atoms with E-state index in [1.165, 1.54) is 0 Å². The molecule has 0 bridgehead atoms. The maximum Gasteiger partial charge on any atom is 0.352 e. The topological polar surface area (TPSA) is 85.4 Å². The molecule has 3 N–H and O–H groups in total. The zero-order chi connectivity index (χ0) is 17.1. The van der Waals surface area contributed by atoms with Gasteiger partial charge in [0.25, 0.3) is 5.91 Å². The first kappa shape index (κ1) is 17.5. The first-order chi connectivity index (χ1) is 10.8. The number of carboxylic acid groups (broad SMARTS) is 1. The molecular weight excluding hydrogens is 294 g/mol. The van der Waals surface area contributed by atoms with E-state index in [0.717, 1.165) is 26.1 Å². The summed E-state index contributed by atoms with van der Waals surface area (Å²) in [4.78, 5) is 28.8. The van der Waals surface area contributed by atoms with Gasteiger partial charge in [0.05, 0.1) is 5.56 Å². The number of hydrogen-bond donors (Lipinski definition) is 3. The van der Waals surface area contributed by atoms with E-state index in [0.29, 0.717) is 35.2 Å². The van der Waals surface area contributed by atoms with E-state index in [9.17, 15) is 9.59 Å². The minimum Gasteiger partial charge on any atom is -0.477 e. The third-order valence-corrected chi connectivity index (χ3v) is 4.42. The molecule has 1 aliphatic rings. The predicted octanol–water partition coefficient (Wildman–Crippen LogP) is 2.04. The SMILES string of the molecule is Cc1[nH]c(C(=O)O)c(C)c1C(=O)NCC1CCN(CC(C)C)C1. The van der Waals surface area contributed by atoms with Gasteiger partial charge >= 0.3 is 5.97 Å². The first-order valence-electron chi connectivity index (χ1n) is 8.22. The fourth-order valence-electron chi connectivity index (χ4n) is 3.39. The lowest BCUT2D eigenvalue weighted by Crippen LogP contribution is -2.32. The van der Waals surface area contributed by atoms with Crippen LogP contribution in [0.25, 0.3) is 0 Å². The van der Waals surface area contributed by atoms with Gasteiger partial charge in [-0.15, -0.1) is 0 Å². The maximum absolute atomic E-state index is 12.4. The van der Waals surface area contributed by atoms with E-state index in [1.54, 1.807) is 13.8 Å². The molecule has 0 aromatic carbocycles. The quantitative estimate of drug-likeness (QED) is 0.748. The summed E-state index contributed by atoms with van der Waals surface area (Å²) in [6, 6.07) is 0. The van der Waals surface area contributed by atoms with Crippen LogP contribution in [0.5, 0.6) is 0 Å². The molecule has 1 atom stereocenters. The number of carbonyl (C=O) groups is 2. The number of aromatic amines is 1. The van der Waals surface area contributed by atoms with E-state index in [4.69, 9.17) is 5.11 Å². The maximum atomic E-state index is 12.4. The lowest BCUT2D eigenvalue weighted by Gasteiger charge is -2.18. The molecule has 1 aromatic rings. The summed E-state index contributed by atoms with van der Waals surface area (Å²) in [6.07, 6.45) is 1.10. The smallest absolute Gasteiger partial charge is 0.352 e. The van der Waals surface area contributed by atoms with Crippen LogP contribution in [0.4, 0.5) is 0 Å². The molecule has 0 radical (unpaired) electrons. The number of aromatic carboxylic acids is 1. The van der Waals surface area contributed by atoms with Gasteiger partial charge in [0.2, 0.25) is 0 Å². The van der Waals surface area contributed by atoms with Crippen LogP contribution in [0.1, 0.15) is 52.4 Å². The number of carbonyl (C=O) groups excluding carboxylic acids is 1. The van der Waals surface area contributed by atoms with Gasteiger partial charge in [-0.3, -0.25) is 4.79 Å². The highest BCUT2D eigenvalue weighted by Crippen LogP contribution is 2.19. The van der Waals surface area contributed by atoms with E-state index < -0.39 is 5.97 Å². The van der Waals surface area contributed by atoms with Crippen molar-refractivity contribution in [1.82, 2.24) is 15.2 Å². The predicted molar refractivity (Wildman–Crippen MR) is 88.9 cm³/mol. The molecule has 0 saturated carbocycles. The normalized spacial score (nSPS) is 18.6. The fraction of sp³-hybridized carbons (Fsp3) is 0.647. The Bertz CT molecular complexity index is 592. The van der Waals surface area contributed by atoms with Crippen LogP contribution in [0.15, 0.2) is 0 Å². The Labute approximate surface area is 137 Å². The molecule has 6 nitrogen and oxygen atoms in total. The van der Waals surface area contributed by atoms with E-state index >= 15 is 0 Å². The second-order valence-corrected chi connectivity index (χ2v) is 6.95. The van der Waals surface area contributed by atoms with Crippen molar-refractivity contribution >= 4 is 11.9 Å². The van der Waals surface area contributed by atoms with Gasteiger partial charge in [-0.05, 0) is 44.2 Å². The summed E-state index contributed by atoms with van der Waals surface area (Å²) in [5, 5.41) is 12.1. The Balaban J connectivity index is 1.92. The summed E-state index contributed by atoms with van der Waals surface area (Å²) < 4.78 is 0. The van der Waals surface area contributed by atoms with Crippen molar-refractivity contribution in [3.63, 3.8) is 0 Å². The number of aromatic nitrogens is 1. The van der Waals surface area contributed by atoms with Crippen LogP contribution in [-0.4, -0.2) is 53.0 Å². The number of amides is 1. The number of rotatable bonds is 6. The zero-order valence-corrected chi connectivity index (χ0v) is 14.4. The summed E-state index contributed by atoms with van der Waals surface area (Å²) in [5.41, 5.74) is 1.65. The molecule has 1 saturated heterocycles. The highest BCUT2D eigenvalue weighted by molar-refractivity contribution is 6.00. The van der Waals surface area contributed by atoms with Crippen molar-refractivity contribution in [1.29, 1.82) is 0 Å². The number of H-pyrrole nitrogens is 1. The van der Waals surface area contributed by atoms with Crippen molar-refractivity contribution in [2.45, 2.75) is 34.1 Å². The van der Waals surface area contributed by atoms with Gasteiger partial charge in [0.15, 0.2) is 0 Å². The average Bonchev–Trinajstić information content (AvgIpc) is 3.00. The Hall–Kier alpha value is -1.82. The molecule has 1 unspecified atom stereocenters. The summed E-state index contributed by atoms with van der Waals surface area (Å²) >= 11 is 0. The van der Waals surface area contributed by atoms with Crippen molar-refractivity contribution in [3.8, 4) is 0 Å². The molecule has 0 spiro atoms. The number of nitrogens with one attached hydrogen (secondary N) is 2. The van der Waals surface area contributed by atoms with Crippen LogP contribution in [0, 0.1) is 25.7 Å². The molecule has 2 heterocycles. The lowest BCUT2D eigenvalue weighted by atomic mass is 10.1. The zero-order valence-electron chi connectivity index (χ0n) is 14.4. The standard InChI is InChI=1S/C17H27N3O3/c1-10(2)8-20-6-5-13(9-20)7-18-16(21)14-11(3)15(17(22)23)19-12(14)4/h10,13,19H,5-9H2,1-4H3,(H,18,21)(H,22,23). The average molecular weight is 321 g/mol. The Morgan fingerprint density at radius 3 is 2.65 bits per heavy atom. The molecule has 23 heavy (non-hydrogen) atoms. The van der Waals surface area contributed by atoms with Crippen LogP contribution in [0.2, 0.25) is 0 Å².